The summed E-state index contributed by atoms with van der Waals surface area (Å²) < 4.78 is 16.1. The van der Waals surface area contributed by atoms with Gasteiger partial charge < -0.3 is 13.9 Å². The number of hydrogen-bond acceptors (Lipinski definition) is 6. The minimum atomic E-state index is -0.0811. The maximum absolute atomic E-state index is 11.6. The van der Waals surface area contributed by atoms with Gasteiger partial charge in [0.2, 0.25) is 5.89 Å². The Morgan fingerprint density at radius 1 is 1.30 bits per heavy atom. The zero-order valence-corrected chi connectivity index (χ0v) is 11.7. The normalized spacial score (nSPS) is 10.3. The molecule has 0 radical (unpaired) electrons. The van der Waals surface area contributed by atoms with Gasteiger partial charge in [0.25, 0.3) is 5.89 Å². The second kappa shape index (κ2) is 6.18. The summed E-state index contributed by atoms with van der Waals surface area (Å²) in [5.41, 5.74) is 0.487. The molecule has 1 aromatic carbocycles. The topological polar surface area (TPSA) is 74.5 Å². The van der Waals surface area contributed by atoms with Crippen LogP contribution in [0.1, 0.15) is 36.0 Å². The maximum atomic E-state index is 11.6. The lowest BCUT2D eigenvalue weighted by Gasteiger charge is -2.09. The number of ether oxygens (including phenoxy) is 2. The smallest absolute Gasteiger partial charge is 0.253 e. The third-order valence-electron chi connectivity index (χ3n) is 2.73. The van der Waals surface area contributed by atoms with E-state index in [4.69, 9.17) is 13.9 Å². The van der Waals surface area contributed by atoms with E-state index < -0.39 is 0 Å². The fourth-order valence-electron chi connectivity index (χ4n) is 1.67. The third-order valence-corrected chi connectivity index (χ3v) is 2.73. The molecule has 0 saturated carbocycles. The Morgan fingerprint density at radius 2 is 2.05 bits per heavy atom. The Balaban J connectivity index is 2.16. The second-order valence-corrected chi connectivity index (χ2v) is 4.15. The monoisotopic (exact) mass is 276 g/mol. The van der Waals surface area contributed by atoms with Crippen LogP contribution in [0.25, 0.3) is 0 Å². The minimum absolute atomic E-state index is 0.0811. The number of methoxy groups -OCH3 is 1. The molecular weight excluding hydrogens is 260 g/mol. The molecule has 0 unspecified atom stereocenters. The molecule has 0 N–H and O–H groups in total. The van der Waals surface area contributed by atoms with Crippen molar-refractivity contribution in [1.29, 1.82) is 0 Å². The van der Waals surface area contributed by atoms with E-state index in [2.05, 4.69) is 10.2 Å². The van der Waals surface area contributed by atoms with E-state index in [1.54, 1.807) is 25.3 Å². The molecule has 6 heteroatoms. The highest BCUT2D eigenvalue weighted by atomic mass is 16.5. The number of aryl methyl sites for hydroxylation is 1. The van der Waals surface area contributed by atoms with E-state index in [0.29, 0.717) is 35.3 Å². The van der Waals surface area contributed by atoms with Gasteiger partial charge in [-0.25, -0.2) is 0 Å². The highest BCUT2D eigenvalue weighted by Crippen LogP contribution is 2.26. The second-order valence-electron chi connectivity index (χ2n) is 4.15. The van der Waals surface area contributed by atoms with Crippen molar-refractivity contribution in [3.05, 3.63) is 35.5 Å². The third kappa shape index (κ3) is 3.14. The maximum Gasteiger partial charge on any atom is 0.253 e. The van der Waals surface area contributed by atoms with E-state index in [0.717, 1.165) is 0 Å². The molecular formula is C14H16N2O4. The molecule has 2 aromatic rings. The van der Waals surface area contributed by atoms with Crippen LogP contribution in [-0.4, -0.2) is 23.1 Å². The van der Waals surface area contributed by atoms with E-state index in [-0.39, 0.29) is 12.4 Å². The number of aromatic nitrogens is 2. The van der Waals surface area contributed by atoms with Crippen molar-refractivity contribution in [1.82, 2.24) is 10.2 Å². The molecule has 0 atom stereocenters. The summed E-state index contributed by atoms with van der Waals surface area (Å²) in [6.45, 7) is 3.52. The van der Waals surface area contributed by atoms with E-state index in [9.17, 15) is 4.79 Å². The number of benzene rings is 1. The highest BCUT2D eigenvalue weighted by Gasteiger charge is 2.12. The van der Waals surface area contributed by atoms with Gasteiger partial charge in [0.05, 0.1) is 12.7 Å². The van der Waals surface area contributed by atoms with E-state index >= 15 is 0 Å². The lowest BCUT2D eigenvalue weighted by atomic mass is 10.1. The van der Waals surface area contributed by atoms with Crippen LogP contribution in [0.3, 0.4) is 0 Å². The Hall–Kier alpha value is -2.37. The molecule has 20 heavy (non-hydrogen) atoms. The number of carbonyl (C=O) groups excluding carboxylic acids is 1. The fourth-order valence-corrected chi connectivity index (χ4v) is 1.67. The summed E-state index contributed by atoms with van der Waals surface area (Å²) in [5, 5.41) is 7.71. The molecule has 106 valence electrons. The molecule has 2 rings (SSSR count). The van der Waals surface area contributed by atoms with Crippen LogP contribution in [0.2, 0.25) is 0 Å². The van der Waals surface area contributed by atoms with Gasteiger partial charge in [-0.05, 0) is 19.1 Å². The number of Topliss-reactive ketones (excluding diaryl/α,β-unsaturated/α-hetero) is 1. The molecule has 0 fully saturated rings. The SMILES string of the molecule is CCc1nnc(COc2cc(OC)ccc2C(C)=O)o1. The largest absolute Gasteiger partial charge is 0.497 e. The molecule has 6 nitrogen and oxygen atoms in total. The van der Waals surface area contributed by atoms with Gasteiger partial charge >= 0.3 is 0 Å². The van der Waals surface area contributed by atoms with Crippen LogP contribution in [0, 0.1) is 0 Å². The predicted octanol–water partition coefficient (Wildman–Crippen LogP) is 2.42. The Labute approximate surface area is 116 Å². The van der Waals surface area contributed by atoms with Gasteiger partial charge in [-0.15, -0.1) is 10.2 Å². The average molecular weight is 276 g/mol. The summed E-state index contributed by atoms with van der Waals surface area (Å²) in [4.78, 5) is 11.6. The zero-order valence-electron chi connectivity index (χ0n) is 11.7. The number of carbonyl (C=O) groups is 1. The number of hydrogen-bond donors (Lipinski definition) is 0. The lowest BCUT2D eigenvalue weighted by Crippen LogP contribution is -2.02. The predicted molar refractivity (Wildman–Crippen MR) is 71.0 cm³/mol. The summed E-state index contributed by atoms with van der Waals surface area (Å²) in [7, 11) is 1.55. The quantitative estimate of drug-likeness (QED) is 0.754. The van der Waals surface area contributed by atoms with Crippen LogP contribution in [0.15, 0.2) is 22.6 Å². The first-order valence-corrected chi connectivity index (χ1v) is 6.27. The molecule has 0 saturated heterocycles. The minimum Gasteiger partial charge on any atom is -0.497 e. The summed E-state index contributed by atoms with van der Waals surface area (Å²) in [6.07, 6.45) is 0.671. The van der Waals surface area contributed by atoms with Crippen molar-refractivity contribution >= 4 is 5.78 Å². The van der Waals surface area contributed by atoms with Crippen molar-refractivity contribution in [3.63, 3.8) is 0 Å². The summed E-state index contributed by atoms with van der Waals surface area (Å²) in [6, 6.07) is 5.04. The van der Waals surface area contributed by atoms with Crippen LogP contribution >= 0.6 is 0 Å². The Morgan fingerprint density at radius 3 is 2.65 bits per heavy atom. The first kappa shape index (κ1) is 14.0. The van der Waals surface area contributed by atoms with Crippen molar-refractivity contribution in [3.8, 4) is 11.5 Å². The molecule has 0 amide bonds. The van der Waals surface area contributed by atoms with E-state index in [1.165, 1.54) is 6.92 Å². The molecule has 1 heterocycles. The van der Waals surface area contributed by atoms with Crippen molar-refractivity contribution in [2.75, 3.05) is 7.11 Å². The molecule has 0 aliphatic rings. The van der Waals surface area contributed by atoms with Gasteiger partial charge in [-0.1, -0.05) is 6.92 Å². The van der Waals surface area contributed by atoms with Crippen LogP contribution < -0.4 is 9.47 Å². The standard InChI is InChI=1S/C14H16N2O4/c1-4-13-15-16-14(20-13)8-19-12-7-10(18-3)5-6-11(12)9(2)17/h5-7H,4,8H2,1-3H3. The van der Waals surface area contributed by atoms with Gasteiger partial charge in [0.15, 0.2) is 12.4 Å². The lowest BCUT2D eigenvalue weighted by molar-refractivity contribution is 0.101. The number of ketones is 1. The van der Waals surface area contributed by atoms with Gasteiger partial charge in [0.1, 0.15) is 11.5 Å². The van der Waals surface area contributed by atoms with Crippen LogP contribution in [0.4, 0.5) is 0 Å². The number of rotatable bonds is 6. The molecule has 0 bridgehead atoms. The summed E-state index contributed by atoms with van der Waals surface area (Å²) in [5.74, 6) is 1.90. The molecule has 0 aliphatic carbocycles. The molecule has 0 spiro atoms. The summed E-state index contributed by atoms with van der Waals surface area (Å²) >= 11 is 0. The Bertz CT molecular complexity index is 607. The molecule has 0 aliphatic heterocycles. The first-order chi connectivity index (χ1) is 9.63. The Kier molecular flexibility index (Phi) is 4.34. The first-order valence-electron chi connectivity index (χ1n) is 6.27. The van der Waals surface area contributed by atoms with Gasteiger partial charge in [-0.2, -0.15) is 0 Å². The van der Waals surface area contributed by atoms with Crippen LogP contribution in [0.5, 0.6) is 11.5 Å². The van der Waals surface area contributed by atoms with Crippen molar-refractivity contribution in [2.24, 2.45) is 0 Å². The van der Waals surface area contributed by atoms with Gasteiger partial charge in [0, 0.05) is 12.5 Å². The molecule has 1 aromatic heterocycles. The van der Waals surface area contributed by atoms with Crippen LogP contribution in [-0.2, 0) is 13.0 Å². The van der Waals surface area contributed by atoms with Crippen molar-refractivity contribution in [2.45, 2.75) is 26.9 Å². The van der Waals surface area contributed by atoms with Gasteiger partial charge in [-0.3, -0.25) is 4.79 Å². The number of nitrogens with zero attached hydrogens (tertiary/aromatic N) is 2. The van der Waals surface area contributed by atoms with E-state index in [1.807, 2.05) is 6.92 Å². The fraction of sp³-hybridized carbons (Fsp3) is 0.357. The average Bonchev–Trinajstić information content (AvgIpc) is 2.92. The highest BCUT2D eigenvalue weighted by molar-refractivity contribution is 5.97. The zero-order chi connectivity index (χ0) is 14.5. The van der Waals surface area contributed by atoms with Crippen molar-refractivity contribution < 1.29 is 18.7 Å².